The monoisotopic (exact) mass is 274 g/mol. The lowest BCUT2D eigenvalue weighted by molar-refractivity contribution is -0.155. The molecule has 1 aromatic rings. The summed E-state index contributed by atoms with van der Waals surface area (Å²) >= 11 is 1.83. The van der Waals surface area contributed by atoms with Crippen LogP contribution in [0.2, 0.25) is 0 Å². The van der Waals surface area contributed by atoms with E-state index in [0.29, 0.717) is 24.9 Å². The number of rotatable bonds is 6. The van der Waals surface area contributed by atoms with Crippen LogP contribution in [0.15, 0.2) is 4.52 Å². The van der Waals surface area contributed by atoms with Crippen LogP contribution in [-0.2, 0) is 14.2 Å². The van der Waals surface area contributed by atoms with E-state index in [2.05, 4.69) is 10.1 Å². The van der Waals surface area contributed by atoms with Gasteiger partial charge in [0, 0.05) is 24.7 Å². The fourth-order valence-corrected chi connectivity index (χ4v) is 2.44. The van der Waals surface area contributed by atoms with Crippen LogP contribution in [0.5, 0.6) is 0 Å². The minimum absolute atomic E-state index is 0.0925. The molecule has 2 rings (SSSR count). The van der Waals surface area contributed by atoms with Gasteiger partial charge in [0.25, 0.3) is 5.89 Å². The van der Waals surface area contributed by atoms with Crippen LogP contribution < -0.4 is 0 Å². The molecule has 0 aliphatic carbocycles. The highest BCUT2D eigenvalue weighted by molar-refractivity contribution is 7.99. The maximum Gasteiger partial charge on any atom is 0.283 e. The van der Waals surface area contributed by atoms with Gasteiger partial charge in [-0.15, -0.1) is 0 Å². The Hall–Kier alpha value is -0.630. The molecule has 0 bridgehead atoms. The molecular formula is C11H18N2O4S. The number of hydrogen-bond acceptors (Lipinski definition) is 7. The first-order valence-corrected chi connectivity index (χ1v) is 7.26. The largest absolute Gasteiger partial charge is 0.368 e. The minimum atomic E-state index is -0.586. The lowest BCUT2D eigenvalue weighted by Crippen LogP contribution is -2.17. The predicted octanol–water partition coefficient (Wildman–Crippen LogP) is 1.95. The Morgan fingerprint density at radius 1 is 1.39 bits per heavy atom. The molecule has 0 spiro atoms. The van der Waals surface area contributed by atoms with Crippen LogP contribution >= 0.6 is 11.8 Å². The van der Waals surface area contributed by atoms with Crippen molar-refractivity contribution < 1.29 is 18.7 Å². The van der Waals surface area contributed by atoms with Crippen molar-refractivity contribution in [3.8, 4) is 0 Å². The zero-order chi connectivity index (χ0) is 12.8. The quantitative estimate of drug-likeness (QED) is 0.734. The lowest BCUT2D eigenvalue weighted by Gasteiger charge is -2.18. The number of ether oxygens (including phenoxy) is 3. The molecule has 0 N–H and O–H groups in total. The highest BCUT2D eigenvalue weighted by atomic mass is 32.2. The van der Waals surface area contributed by atoms with Crippen molar-refractivity contribution >= 4 is 11.8 Å². The van der Waals surface area contributed by atoms with E-state index in [-0.39, 0.29) is 6.10 Å². The molecule has 0 saturated carbocycles. The van der Waals surface area contributed by atoms with E-state index in [4.69, 9.17) is 18.7 Å². The number of thioether (sulfide) groups is 1. The second-order valence-electron chi connectivity index (χ2n) is 3.67. The molecule has 1 atom stereocenters. The molecule has 1 aromatic heterocycles. The molecule has 102 valence electrons. The molecule has 0 radical (unpaired) electrons. The van der Waals surface area contributed by atoms with Gasteiger partial charge in [-0.2, -0.15) is 16.7 Å². The predicted molar refractivity (Wildman–Crippen MR) is 66.3 cm³/mol. The molecule has 6 nitrogen and oxygen atoms in total. The second-order valence-corrected chi connectivity index (χ2v) is 4.82. The van der Waals surface area contributed by atoms with Crippen molar-refractivity contribution in [2.75, 3.05) is 31.3 Å². The van der Waals surface area contributed by atoms with Crippen molar-refractivity contribution in [2.45, 2.75) is 26.2 Å². The van der Waals surface area contributed by atoms with Gasteiger partial charge in [-0.3, -0.25) is 0 Å². The Morgan fingerprint density at radius 3 is 2.78 bits per heavy atom. The Bertz CT molecular complexity index is 349. The molecule has 1 fully saturated rings. The Labute approximate surface area is 110 Å². The van der Waals surface area contributed by atoms with Crippen molar-refractivity contribution in [3.05, 3.63) is 11.7 Å². The van der Waals surface area contributed by atoms with Gasteiger partial charge in [-0.05, 0) is 13.8 Å². The first-order valence-electron chi connectivity index (χ1n) is 6.11. The average molecular weight is 274 g/mol. The van der Waals surface area contributed by atoms with E-state index in [1.807, 2.05) is 25.6 Å². The first kappa shape index (κ1) is 13.8. The normalized spacial score (nSPS) is 20.5. The van der Waals surface area contributed by atoms with Crippen LogP contribution in [-0.4, -0.2) is 41.5 Å². The molecule has 1 aliphatic heterocycles. The van der Waals surface area contributed by atoms with Gasteiger partial charge in [-0.25, -0.2) is 0 Å². The molecule has 7 heteroatoms. The summed E-state index contributed by atoms with van der Waals surface area (Å²) in [5, 5.41) is 3.94. The molecule has 2 heterocycles. The van der Waals surface area contributed by atoms with Crippen LogP contribution in [0.25, 0.3) is 0 Å². The van der Waals surface area contributed by atoms with E-state index in [0.717, 1.165) is 18.1 Å². The second kappa shape index (κ2) is 7.08. The minimum Gasteiger partial charge on any atom is -0.368 e. The summed E-state index contributed by atoms with van der Waals surface area (Å²) in [5.74, 6) is 2.80. The topological polar surface area (TPSA) is 66.6 Å². The Balaban J connectivity index is 2.02. The van der Waals surface area contributed by atoms with Crippen molar-refractivity contribution in [1.29, 1.82) is 0 Å². The number of hydrogen-bond donors (Lipinski definition) is 0. The number of aromatic nitrogens is 2. The van der Waals surface area contributed by atoms with Crippen molar-refractivity contribution in [2.24, 2.45) is 0 Å². The Morgan fingerprint density at radius 2 is 2.17 bits per heavy atom. The SMILES string of the molecule is CCOC(OCC)c1nc(C2CSCCO2)no1. The van der Waals surface area contributed by atoms with Crippen LogP contribution in [0.3, 0.4) is 0 Å². The highest BCUT2D eigenvalue weighted by Crippen LogP contribution is 2.26. The van der Waals surface area contributed by atoms with E-state index < -0.39 is 6.29 Å². The summed E-state index contributed by atoms with van der Waals surface area (Å²) in [5.41, 5.74) is 0. The van der Waals surface area contributed by atoms with Gasteiger partial charge in [0.05, 0.1) is 6.61 Å². The fraction of sp³-hybridized carbons (Fsp3) is 0.818. The third-order valence-electron chi connectivity index (χ3n) is 2.40. The van der Waals surface area contributed by atoms with Crippen LogP contribution in [0.4, 0.5) is 0 Å². The first-order chi connectivity index (χ1) is 8.85. The third kappa shape index (κ3) is 3.44. The van der Waals surface area contributed by atoms with E-state index in [1.165, 1.54) is 0 Å². The standard InChI is InChI=1S/C11H18N2O4S/c1-3-14-11(15-4-2)10-12-9(13-17-10)8-7-18-6-5-16-8/h8,11H,3-7H2,1-2H3. The van der Waals surface area contributed by atoms with Crippen molar-refractivity contribution in [3.63, 3.8) is 0 Å². The van der Waals surface area contributed by atoms with E-state index in [1.54, 1.807) is 0 Å². The van der Waals surface area contributed by atoms with Crippen LogP contribution in [0, 0.1) is 0 Å². The lowest BCUT2D eigenvalue weighted by atomic mass is 10.4. The van der Waals surface area contributed by atoms with Gasteiger partial charge in [0.2, 0.25) is 12.1 Å². The summed E-state index contributed by atoms with van der Waals surface area (Å²) in [7, 11) is 0. The number of nitrogens with zero attached hydrogens (tertiary/aromatic N) is 2. The molecule has 0 amide bonds. The van der Waals surface area contributed by atoms with Gasteiger partial charge < -0.3 is 18.7 Å². The Kier molecular flexibility index (Phi) is 5.43. The molecule has 1 aliphatic rings. The van der Waals surface area contributed by atoms with Gasteiger partial charge >= 0.3 is 0 Å². The fourth-order valence-electron chi connectivity index (χ4n) is 1.60. The van der Waals surface area contributed by atoms with E-state index in [9.17, 15) is 0 Å². The molecule has 1 unspecified atom stereocenters. The van der Waals surface area contributed by atoms with Gasteiger partial charge in [0.15, 0.2) is 0 Å². The maximum atomic E-state index is 5.59. The summed E-state index contributed by atoms with van der Waals surface area (Å²) in [6.07, 6.45) is -0.678. The molecule has 0 aromatic carbocycles. The highest BCUT2D eigenvalue weighted by Gasteiger charge is 2.25. The molecule has 1 saturated heterocycles. The average Bonchev–Trinajstić information content (AvgIpc) is 2.89. The van der Waals surface area contributed by atoms with E-state index >= 15 is 0 Å². The third-order valence-corrected chi connectivity index (χ3v) is 3.39. The smallest absolute Gasteiger partial charge is 0.283 e. The summed E-state index contributed by atoms with van der Waals surface area (Å²) in [4.78, 5) is 4.31. The van der Waals surface area contributed by atoms with Crippen LogP contribution in [0.1, 0.15) is 38.0 Å². The van der Waals surface area contributed by atoms with Gasteiger partial charge in [-0.1, -0.05) is 5.16 Å². The summed E-state index contributed by atoms with van der Waals surface area (Å²) in [6, 6.07) is 0. The molecular weight excluding hydrogens is 256 g/mol. The zero-order valence-electron chi connectivity index (χ0n) is 10.6. The maximum absolute atomic E-state index is 5.59. The molecule has 18 heavy (non-hydrogen) atoms. The summed E-state index contributed by atoms with van der Waals surface area (Å²) < 4.78 is 21.6. The summed E-state index contributed by atoms with van der Waals surface area (Å²) in [6.45, 7) is 5.56. The van der Waals surface area contributed by atoms with Gasteiger partial charge in [0.1, 0.15) is 6.10 Å². The zero-order valence-corrected chi connectivity index (χ0v) is 11.4. The van der Waals surface area contributed by atoms with Crippen molar-refractivity contribution in [1.82, 2.24) is 10.1 Å².